The van der Waals surface area contributed by atoms with E-state index in [4.69, 9.17) is 4.74 Å². The quantitative estimate of drug-likeness (QED) is 0.675. The van der Waals surface area contributed by atoms with E-state index >= 15 is 0 Å². The number of hydrogen-bond acceptors (Lipinski definition) is 5. The molecule has 0 atom stereocenters. The van der Waals surface area contributed by atoms with Crippen LogP contribution in [0.3, 0.4) is 0 Å². The minimum atomic E-state index is -0.558. The summed E-state index contributed by atoms with van der Waals surface area (Å²) < 4.78 is 5.06. The highest BCUT2D eigenvalue weighted by Gasteiger charge is 2.14. The van der Waals surface area contributed by atoms with Crippen LogP contribution in [-0.4, -0.2) is 28.1 Å². The van der Waals surface area contributed by atoms with Gasteiger partial charge in [0, 0.05) is 18.2 Å². The van der Waals surface area contributed by atoms with Gasteiger partial charge in [-0.3, -0.25) is 0 Å². The molecule has 0 aliphatic rings. The molecule has 0 aliphatic carbocycles. The second-order valence-electron chi connectivity index (χ2n) is 4.99. The Labute approximate surface area is 116 Å². The van der Waals surface area contributed by atoms with Gasteiger partial charge in [0.05, 0.1) is 0 Å². The van der Waals surface area contributed by atoms with Gasteiger partial charge in [-0.25, -0.2) is 4.79 Å². The van der Waals surface area contributed by atoms with Crippen LogP contribution in [0.1, 0.15) is 26.3 Å². The van der Waals surface area contributed by atoms with Gasteiger partial charge in [-0.05, 0) is 36.7 Å². The summed E-state index contributed by atoms with van der Waals surface area (Å²) in [5.41, 5.74) is 0.178. The van der Waals surface area contributed by atoms with Crippen molar-refractivity contribution in [1.29, 1.82) is 0 Å². The Balaban J connectivity index is 2.42. The molecule has 0 saturated carbocycles. The highest BCUT2D eigenvalue weighted by Crippen LogP contribution is 2.08. The van der Waals surface area contributed by atoms with Crippen LogP contribution in [0.25, 0.3) is 6.08 Å². The summed E-state index contributed by atoms with van der Waals surface area (Å²) in [6.45, 7) is 5.65. The van der Waals surface area contributed by atoms with Crippen LogP contribution in [-0.2, 0) is 4.74 Å². The molecule has 0 fully saturated rings. The smallest absolute Gasteiger partial charge is 0.407 e. The third-order valence-electron chi connectivity index (χ3n) is 2.03. The van der Waals surface area contributed by atoms with E-state index < -0.39 is 16.6 Å². The zero-order chi connectivity index (χ0) is 15.2. The molecule has 0 bridgehead atoms. The minimum Gasteiger partial charge on any atom is -0.444 e. The number of carbonyl (C=O) groups is 1. The maximum Gasteiger partial charge on any atom is 0.407 e. The Morgan fingerprint density at radius 2 is 2.20 bits per heavy atom. The van der Waals surface area contributed by atoms with Gasteiger partial charge in [-0.2, -0.15) is 0 Å². The number of rotatable bonds is 4. The van der Waals surface area contributed by atoms with E-state index in [1.807, 2.05) is 0 Å². The molecule has 1 heterocycles. The van der Waals surface area contributed by atoms with E-state index in [0.717, 1.165) is 0 Å². The van der Waals surface area contributed by atoms with Crippen molar-refractivity contribution in [2.24, 2.45) is 0 Å². The summed E-state index contributed by atoms with van der Waals surface area (Å²) in [6.07, 6.45) is 4.30. The molecule has 0 aliphatic heterocycles. The average Bonchev–Trinajstić information content (AvgIpc) is 2.33. The van der Waals surface area contributed by atoms with Crippen molar-refractivity contribution in [3.63, 3.8) is 0 Å². The van der Waals surface area contributed by atoms with E-state index in [1.54, 1.807) is 39.0 Å². The molecule has 7 heteroatoms. The van der Waals surface area contributed by atoms with Gasteiger partial charge in [0.1, 0.15) is 11.8 Å². The number of carbonyl (C=O) groups excluding carboxylic acids is 1. The zero-order valence-electron chi connectivity index (χ0n) is 11.6. The average molecular weight is 279 g/mol. The van der Waals surface area contributed by atoms with Crippen molar-refractivity contribution in [3.05, 3.63) is 40.1 Å². The van der Waals surface area contributed by atoms with Gasteiger partial charge >= 0.3 is 11.9 Å². The van der Waals surface area contributed by atoms with Crippen molar-refractivity contribution in [2.45, 2.75) is 26.4 Å². The monoisotopic (exact) mass is 279 g/mol. The molecule has 1 rings (SSSR count). The van der Waals surface area contributed by atoms with Crippen molar-refractivity contribution in [2.75, 3.05) is 6.54 Å². The highest BCUT2D eigenvalue weighted by atomic mass is 16.6. The number of nitrogens with one attached hydrogen (secondary N) is 1. The maximum atomic E-state index is 11.3. The molecule has 0 saturated heterocycles. The number of ether oxygens (including phenoxy) is 1. The number of amides is 1. The molecule has 0 aromatic carbocycles. The predicted octanol–water partition coefficient (Wildman–Crippen LogP) is 2.53. The number of alkyl carbamates (subject to hydrolysis) is 1. The standard InChI is InChI=1S/C13H17N3O4/c1-13(2,3)20-12(17)14-8-4-5-10-6-7-11(15-9-10)16(18)19/h4-7,9H,8H2,1-3H3,(H,14,17). The fraction of sp³-hybridized carbons (Fsp3) is 0.385. The number of nitro groups is 1. The molecule has 0 spiro atoms. The number of pyridine rings is 1. The molecule has 1 amide bonds. The lowest BCUT2D eigenvalue weighted by Gasteiger charge is -2.19. The van der Waals surface area contributed by atoms with E-state index in [1.165, 1.54) is 12.3 Å². The Morgan fingerprint density at radius 3 is 2.70 bits per heavy atom. The van der Waals surface area contributed by atoms with Crippen molar-refractivity contribution in [3.8, 4) is 0 Å². The lowest BCUT2D eigenvalue weighted by molar-refractivity contribution is -0.389. The fourth-order valence-electron chi connectivity index (χ4n) is 1.26. The maximum absolute atomic E-state index is 11.3. The van der Waals surface area contributed by atoms with Crippen molar-refractivity contribution < 1.29 is 14.5 Å². The third-order valence-corrected chi connectivity index (χ3v) is 2.03. The first-order valence-corrected chi connectivity index (χ1v) is 6.02. The summed E-state index contributed by atoms with van der Waals surface area (Å²) in [5.74, 6) is -0.200. The van der Waals surface area contributed by atoms with E-state index in [0.29, 0.717) is 12.1 Å². The van der Waals surface area contributed by atoms with Crippen LogP contribution in [0.5, 0.6) is 0 Å². The number of hydrogen-bond donors (Lipinski definition) is 1. The third kappa shape index (κ3) is 5.94. The zero-order valence-corrected chi connectivity index (χ0v) is 11.6. The van der Waals surface area contributed by atoms with Crippen LogP contribution in [0.2, 0.25) is 0 Å². The van der Waals surface area contributed by atoms with Gasteiger partial charge in [-0.15, -0.1) is 0 Å². The topological polar surface area (TPSA) is 94.4 Å². The Morgan fingerprint density at radius 1 is 1.50 bits per heavy atom. The predicted molar refractivity (Wildman–Crippen MR) is 74.2 cm³/mol. The molecule has 0 radical (unpaired) electrons. The molecule has 1 aromatic rings. The normalized spacial score (nSPS) is 11.3. The summed E-state index contributed by atoms with van der Waals surface area (Å²) in [6, 6.07) is 2.90. The van der Waals surface area contributed by atoms with Gasteiger partial charge in [0.25, 0.3) is 0 Å². The highest BCUT2D eigenvalue weighted by molar-refractivity contribution is 5.68. The Hall–Kier alpha value is -2.44. The molecule has 20 heavy (non-hydrogen) atoms. The molecular weight excluding hydrogens is 262 g/mol. The second-order valence-corrected chi connectivity index (χ2v) is 4.99. The van der Waals surface area contributed by atoms with Crippen molar-refractivity contribution >= 4 is 18.0 Å². The molecule has 1 aromatic heterocycles. The summed E-state index contributed by atoms with van der Waals surface area (Å²) in [5, 5.41) is 13.0. The molecule has 0 unspecified atom stereocenters. The van der Waals surface area contributed by atoms with E-state index in [9.17, 15) is 14.9 Å². The molecule has 108 valence electrons. The van der Waals surface area contributed by atoms with Gasteiger partial charge in [0.15, 0.2) is 0 Å². The minimum absolute atomic E-state index is 0.200. The lowest BCUT2D eigenvalue weighted by Crippen LogP contribution is -2.32. The van der Waals surface area contributed by atoms with Gasteiger partial charge < -0.3 is 20.2 Å². The summed E-state index contributed by atoms with van der Waals surface area (Å²) in [7, 11) is 0. The van der Waals surface area contributed by atoms with E-state index in [2.05, 4.69) is 10.3 Å². The van der Waals surface area contributed by atoms with Crippen LogP contribution < -0.4 is 5.32 Å². The Kier molecular flexibility index (Phi) is 5.19. The second kappa shape index (κ2) is 6.65. The van der Waals surface area contributed by atoms with Crippen LogP contribution in [0.15, 0.2) is 24.4 Å². The van der Waals surface area contributed by atoms with Gasteiger partial charge in [-0.1, -0.05) is 12.2 Å². The number of aromatic nitrogens is 1. The summed E-state index contributed by atoms with van der Waals surface area (Å²) >= 11 is 0. The fourth-order valence-corrected chi connectivity index (χ4v) is 1.26. The summed E-state index contributed by atoms with van der Waals surface area (Å²) in [4.78, 5) is 24.9. The first kappa shape index (κ1) is 15.6. The van der Waals surface area contributed by atoms with Crippen LogP contribution >= 0.6 is 0 Å². The SMILES string of the molecule is CC(C)(C)OC(=O)NCC=Cc1ccc([N+](=O)[O-])nc1. The van der Waals surface area contributed by atoms with Crippen LogP contribution in [0.4, 0.5) is 10.6 Å². The first-order chi connectivity index (χ1) is 9.28. The molecule has 7 nitrogen and oxygen atoms in total. The van der Waals surface area contributed by atoms with Crippen LogP contribution in [0, 0.1) is 10.1 Å². The number of nitrogens with zero attached hydrogens (tertiary/aromatic N) is 2. The molecular formula is C13H17N3O4. The van der Waals surface area contributed by atoms with Gasteiger partial charge in [0.2, 0.25) is 0 Å². The lowest BCUT2D eigenvalue weighted by atomic mass is 10.2. The largest absolute Gasteiger partial charge is 0.444 e. The van der Waals surface area contributed by atoms with E-state index in [-0.39, 0.29) is 5.82 Å². The Bertz CT molecular complexity index is 503. The molecule has 1 N–H and O–H groups in total. The first-order valence-electron chi connectivity index (χ1n) is 6.02. The van der Waals surface area contributed by atoms with Crippen molar-refractivity contribution in [1.82, 2.24) is 10.3 Å².